The van der Waals surface area contributed by atoms with E-state index in [0.29, 0.717) is 6.04 Å². The van der Waals surface area contributed by atoms with E-state index in [1.54, 1.807) is 0 Å². The molecule has 0 N–H and O–H groups in total. The first-order chi connectivity index (χ1) is 9.38. The lowest BCUT2D eigenvalue weighted by Gasteiger charge is -2.17. The molecule has 0 amide bonds. The van der Waals surface area contributed by atoms with Crippen LogP contribution in [0.25, 0.3) is 0 Å². The molecule has 0 aliphatic heterocycles. The Balaban J connectivity index is 3.35. The third kappa shape index (κ3) is 4.57. The van der Waals surface area contributed by atoms with Crippen LogP contribution in [0.5, 0.6) is 0 Å². The smallest absolute Gasteiger partial charge is 0.224 e. The van der Waals surface area contributed by atoms with Crippen LogP contribution in [-0.2, 0) is 16.0 Å². The molecule has 8 heteroatoms. The average Bonchev–Trinajstić information content (AvgIpc) is 2.33. The van der Waals surface area contributed by atoms with Gasteiger partial charge >= 0.3 is 6.18 Å². The van der Waals surface area contributed by atoms with Crippen molar-refractivity contribution in [3.63, 3.8) is 0 Å². The minimum Gasteiger partial charge on any atom is -0.224 e. The standard InChI is InChI=1S/C13H16F3NO2SSi/c1-21(2,3)8-7-20(18,19)12-6-4-5-11(10(12)9-17)13(14,15)16/h4-6H,7-8H2,1-3H3. The third-order valence-corrected chi connectivity index (χ3v) is 6.76. The second-order valence-electron chi connectivity index (χ2n) is 5.92. The van der Waals surface area contributed by atoms with Gasteiger partial charge in [-0.25, -0.2) is 8.42 Å². The van der Waals surface area contributed by atoms with Gasteiger partial charge in [-0.15, -0.1) is 0 Å². The molecular weight excluding hydrogens is 319 g/mol. The van der Waals surface area contributed by atoms with Crippen molar-refractivity contribution >= 4 is 17.9 Å². The summed E-state index contributed by atoms with van der Waals surface area (Å²) in [5.74, 6) is -0.237. The third-order valence-electron chi connectivity index (χ3n) is 2.90. The van der Waals surface area contributed by atoms with Crippen molar-refractivity contribution < 1.29 is 21.6 Å². The van der Waals surface area contributed by atoms with Crippen LogP contribution >= 0.6 is 0 Å². The fraction of sp³-hybridized carbons (Fsp3) is 0.462. The van der Waals surface area contributed by atoms with Gasteiger partial charge in [0.05, 0.1) is 21.8 Å². The zero-order valence-electron chi connectivity index (χ0n) is 12.0. The molecule has 1 aromatic carbocycles. The highest BCUT2D eigenvalue weighted by Crippen LogP contribution is 2.34. The molecule has 0 bridgehead atoms. The van der Waals surface area contributed by atoms with Gasteiger partial charge in [0.2, 0.25) is 0 Å². The molecule has 0 atom stereocenters. The molecule has 21 heavy (non-hydrogen) atoms. The van der Waals surface area contributed by atoms with Gasteiger partial charge in [0.1, 0.15) is 6.07 Å². The Kier molecular flexibility index (Phi) is 4.90. The Hall–Kier alpha value is -1.33. The monoisotopic (exact) mass is 335 g/mol. The van der Waals surface area contributed by atoms with Crippen molar-refractivity contribution in [2.75, 3.05) is 5.75 Å². The first kappa shape index (κ1) is 17.7. The first-order valence-corrected chi connectivity index (χ1v) is 11.6. The van der Waals surface area contributed by atoms with Gasteiger partial charge in [-0.2, -0.15) is 18.4 Å². The maximum absolute atomic E-state index is 12.8. The largest absolute Gasteiger partial charge is 0.417 e. The van der Waals surface area contributed by atoms with Crippen LogP contribution in [-0.4, -0.2) is 22.2 Å². The molecule has 0 aliphatic carbocycles. The molecule has 1 aromatic rings. The molecule has 0 saturated heterocycles. The second kappa shape index (κ2) is 5.81. The van der Waals surface area contributed by atoms with Crippen molar-refractivity contribution in [2.24, 2.45) is 0 Å². The van der Waals surface area contributed by atoms with E-state index in [9.17, 15) is 21.6 Å². The molecule has 0 unspecified atom stereocenters. The van der Waals surface area contributed by atoms with Crippen molar-refractivity contribution in [2.45, 2.75) is 36.8 Å². The minimum atomic E-state index is -4.75. The Morgan fingerprint density at radius 1 is 1.24 bits per heavy atom. The van der Waals surface area contributed by atoms with Gasteiger partial charge in [-0.3, -0.25) is 0 Å². The molecule has 116 valence electrons. The van der Waals surface area contributed by atoms with E-state index >= 15 is 0 Å². The normalized spacial score (nSPS) is 13.0. The summed E-state index contributed by atoms with van der Waals surface area (Å²) in [6, 6.07) is 4.61. The van der Waals surface area contributed by atoms with Crippen molar-refractivity contribution in [3.05, 3.63) is 29.3 Å². The summed E-state index contributed by atoms with van der Waals surface area (Å²) in [5.41, 5.74) is -2.03. The van der Waals surface area contributed by atoms with Gasteiger partial charge in [0.25, 0.3) is 0 Å². The molecule has 0 aliphatic rings. The predicted octanol–water partition coefficient (Wildman–Crippen LogP) is 3.69. The Labute approximate surface area is 123 Å². The zero-order valence-corrected chi connectivity index (χ0v) is 13.8. The molecule has 0 heterocycles. The first-order valence-electron chi connectivity index (χ1n) is 6.21. The van der Waals surface area contributed by atoms with Gasteiger partial charge in [-0.1, -0.05) is 25.7 Å². The van der Waals surface area contributed by atoms with Crippen molar-refractivity contribution in [1.29, 1.82) is 5.26 Å². The summed E-state index contributed by atoms with van der Waals surface area (Å²) in [6.07, 6.45) is -4.75. The number of halogens is 3. The maximum Gasteiger partial charge on any atom is 0.417 e. The molecule has 1 rings (SSSR count). The lowest BCUT2D eigenvalue weighted by atomic mass is 10.1. The van der Waals surface area contributed by atoms with Crippen LogP contribution in [0.1, 0.15) is 11.1 Å². The molecule has 3 nitrogen and oxygen atoms in total. The van der Waals surface area contributed by atoms with Crippen LogP contribution in [0, 0.1) is 11.3 Å². The lowest BCUT2D eigenvalue weighted by molar-refractivity contribution is -0.137. The van der Waals surface area contributed by atoms with E-state index in [-0.39, 0.29) is 5.75 Å². The number of hydrogen-bond donors (Lipinski definition) is 0. The van der Waals surface area contributed by atoms with Gasteiger partial charge in [0, 0.05) is 8.07 Å². The van der Waals surface area contributed by atoms with Gasteiger partial charge in [-0.05, 0) is 18.2 Å². The molecule has 0 aromatic heterocycles. The average molecular weight is 335 g/mol. The van der Waals surface area contributed by atoms with Crippen LogP contribution < -0.4 is 0 Å². The van der Waals surface area contributed by atoms with Crippen LogP contribution in [0.15, 0.2) is 23.1 Å². The van der Waals surface area contributed by atoms with E-state index in [2.05, 4.69) is 0 Å². The van der Waals surface area contributed by atoms with E-state index in [4.69, 9.17) is 5.26 Å². The fourth-order valence-corrected chi connectivity index (χ4v) is 6.19. The molecule has 0 fully saturated rings. The quantitative estimate of drug-likeness (QED) is 0.789. The number of nitrogens with zero attached hydrogens (tertiary/aromatic N) is 1. The van der Waals surface area contributed by atoms with Gasteiger partial charge in [0.15, 0.2) is 9.84 Å². The summed E-state index contributed by atoms with van der Waals surface area (Å²) in [4.78, 5) is -0.530. The highest BCUT2D eigenvalue weighted by molar-refractivity contribution is 7.91. The van der Waals surface area contributed by atoms with E-state index in [0.717, 1.165) is 18.2 Å². The molecule has 0 saturated carbocycles. The summed E-state index contributed by atoms with van der Waals surface area (Å²) >= 11 is 0. The van der Waals surface area contributed by atoms with E-state index < -0.39 is 40.1 Å². The number of hydrogen-bond acceptors (Lipinski definition) is 3. The Morgan fingerprint density at radius 3 is 2.24 bits per heavy atom. The molecular formula is C13H16F3NO2SSi. The fourth-order valence-electron chi connectivity index (χ4n) is 1.69. The highest BCUT2D eigenvalue weighted by Gasteiger charge is 2.36. The van der Waals surface area contributed by atoms with Gasteiger partial charge < -0.3 is 0 Å². The second-order valence-corrected chi connectivity index (χ2v) is 13.6. The number of alkyl halides is 3. The summed E-state index contributed by atoms with van der Waals surface area (Å²) in [5, 5.41) is 8.95. The zero-order chi connectivity index (χ0) is 16.5. The van der Waals surface area contributed by atoms with E-state index in [1.165, 1.54) is 6.07 Å². The highest BCUT2D eigenvalue weighted by atomic mass is 32.2. The summed E-state index contributed by atoms with van der Waals surface area (Å²) in [7, 11) is -5.57. The molecule has 0 spiro atoms. The Bertz CT molecular complexity index is 670. The van der Waals surface area contributed by atoms with Crippen molar-refractivity contribution in [1.82, 2.24) is 0 Å². The van der Waals surface area contributed by atoms with Crippen LogP contribution in [0.3, 0.4) is 0 Å². The number of rotatable bonds is 4. The molecule has 0 radical (unpaired) electrons. The summed E-state index contributed by atoms with van der Waals surface area (Å²) < 4.78 is 63.0. The number of nitriles is 1. The maximum atomic E-state index is 12.8. The Morgan fingerprint density at radius 2 is 1.81 bits per heavy atom. The minimum absolute atomic E-state index is 0.237. The number of sulfone groups is 1. The predicted molar refractivity (Wildman–Crippen MR) is 76.4 cm³/mol. The van der Waals surface area contributed by atoms with Crippen molar-refractivity contribution in [3.8, 4) is 6.07 Å². The van der Waals surface area contributed by atoms with Crippen LogP contribution in [0.4, 0.5) is 13.2 Å². The topological polar surface area (TPSA) is 57.9 Å². The van der Waals surface area contributed by atoms with Crippen LogP contribution in [0.2, 0.25) is 25.7 Å². The SMILES string of the molecule is C[Si](C)(C)CCS(=O)(=O)c1cccc(C(F)(F)F)c1C#N. The lowest BCUT2D eigenvalue weighted by Crippen LogP contribution is -2.24. The number of benzene rings is 1. The summed E-state index contributed by atoms with van der Waals surface area (Å²) in [6.45, 7) is 5.92. The van der Waals surface area contributed by atoms with E-state index in [1.807, 2.05) is 19.6 Å².